The molecule has 2 aromatic heterocycles. The molecule has 4 rings (SSSR count). The summed E-state index contributed by atoms with van der Waals surface area (Å²) in [6.07, 6.45) is 5.21. The molecule has 0 saturated carbocycles. The lowest BCUT2D eigenvalue weighted by molar-refractivity contribution is 0.0882. The summed E-state index contributed by atoms with van der Waals surface area (Å²) in [7, 11) is 1.59. The van der Waals surface area contributed by atoms with Gasteiger partial charge in [0.2, 0.25) is 0 Å². The first-order chi connectivity index (χ1) is 14.0. The Morgan fingerprint density at radius 2 is 2.24 bits per heavy atom. The molecule has 0 aromatic carbocycles. The highest BCUT2D eigenvalue weighted by Crippen LogP contribution is 2.18. The summed E-state index contributed by atoms with van der Waals surface area (Å²) in [6, 6.07) is 0.793. The van der Waals surface area contributed by atoms with E-state index in [9.17, 15) is 13.6 Å². The second-order valence-electron chi connectivity index (χ2n) is 7.27. The van der Waals surface area contributed by atoms with Gasteiger partial charge in [0.05, 0.1) is 11.9 Å². The summed E-state index contributed by atoms with van der Waals surface area (Å²) in [6.45, 7) is 1.86. The predicted octanol–water partition coefficient (Wildman–Crippen LogP) is 0.938. The van der Waals surface area contributed by atoms with Crippen LogP contribution in [0.25, 0.3) is 5.65 Å². The summed E-state index contributed by atoms with van der Waals surface area (Å²) in [4.78, 5) is 17.3. The number of halogens is 2. The number of rotatable bonds is 5. The van der Waals surface area contributed by atoms with Crippen molar-refractivity contribution in [3.05, 3.63) is 35.9 Å². The molecule has 29 heavy (non-hydrogen) atoms. The van der Waals surface area contributed by atoms with E-state index in [1.54, 1.807) is 19.3 Å². The monoisotopic (exact) mass is 406 g/mol. The Kier molecular flexibility index (Phi) is 5.58. The molecule has 4 N–H and O–H groups in total. The normalized spacial score (nSPS) is 22.6. The number of alkyl halides is 2. The van der Waals surface area contributed by atoms with Crippen LogP contribution in [0.15, 0.2) is 30.4 Å². The van der Waals surface area contributed by atoms with Crippen LogP contribution >= 0.6 is 0 Å². The number of aromatic nitrogens is 3. The third-order valence-corrected chi connectivity index (χ3v) is 5.03. The van der Waals surface area contributed by atoms with Crippen LogP contribution in [0.2, 0.25) is 0 Å². The summed E-state index contributed by atoms with van der Waals surface area (Å²) >= 11 is 0. The molecule has 2 unspecified atom stereocenters. The zero-order valence-corrected chi connectivity index (χ0v) is 16.0. The molecule has 2 aliphatic rings. The van der Waals surface area contributed by atoms with Crippen molar-refractivity contribution in [3.63, 3.8) is 0 Å². The van der Waals surface area contributed by atoms with Crippen LogP contribution in [0.1, 0.15) is 29.6 Å². The SMILES string of the molecule is CN1C=C(NC(=O)c2cnn3ccc(NC4CCCCNC4)nc23)C(C(F)F)N1. The molecule has 1 fully saturated rings. The van der Waals surface area contributed by atoms with E-state index in [-0.39, 0.29) is 17.3 Å². The minimum Gasteiger partial charge on any atom is -0.366 e. The van der Waals surface area contributed by atoms with Crippen molar-refractivity contribution in [2.24, 2.45) is 0 Å². The molecule has 1 saturated heterocycles. The molecule has 0 aliphatic carbocycles. The molecule has 2 atom stereocenters. The maximum Gasteiger partial charge on any atom is 0.261 e. The third-order valence-electron chi connectivity index (χ3n) is 5.03. The highest BCUT2D eigenvalue weighted by atomic mass is 19.3. The molecule has 9 nitrogen and oxygen atoms in total. The quantitative estimate of drug-likeness (QED) is 0.587. The Morgan fingerprint density at radius 1 is 1.38 bits per heavy atom. The maximum absolute atomic E-state index is 13.2. The number of nitrogens with zero attached hydrogens (tertiary/aromatic N) is 4. The zero-order valence-electron chi connectivity index (χ0n) is 16.0. The fraction of sp³-hybridized carbons (Fsp3) is 0.500. The summed E-state index contributed by atoms with van der Waals surface area (Å²) in [5, 5.41) is 14.9. The Balaban J connectivity index is 1.52. The van der Waals surface area contributed by atoms with Gasteiger partial charge in [-0.25, -0.2) is 23.7 Å². The fourth-order valence-electron chi connectivity index (χ4n) is 3.58. The van der Waals surface area contributed by atoms with Gasteiger partial charge in [-0.1, -0.05) is 6.42 Å². The van der Waals surface area contributed by atoms with Crippen molar-refractivity contribution in [3.8, 4) is 0 Å². The van der Waals surface area contributed by atoms with Crippen molar-refractivity contribution < 1.29 is 13.6 Å². The Labute approximate surface area is 166 Å². The van der Waals surface area contributed by atoms with Crippen LogP contribution in [-0.4, -0.2) is 64.2 Å². The van der Waals surface area contributed by atoms with E-state index in [1.165, 1.54) is 21.9 Å². The van der Waals surface area contributed by atoms with Crippen LogP contribution in [0.4, 0.5) is 14.6 Å². The van der Waals surface area contributed by atoms with Gasteiger partial charge < -0.3 is 21.0 Å². The van der Waals surface area contributed by atoms with E-state index < -0.39 is 18.4 Å². The highest BCUT2D eigenvalue weighted by molar-refractivity contribution is 6.00. The molecule has 2 aromatic rings. The lowest BCUT2D eigenvalue weighted by atomic mass is 10.1. The second-order valence-corrected chi connectivity index (χ2v) is 7.27. The zero-order chi connectivity index (χ0) is 20.4. The fourth-order valence-corrected chi connectivity index (χ4v) is 3.58. The number of hydrazine groups is 1. The van der Waals surface area contributed by atoms with Crippen molar-refractivity contribution in [2.45, 2.75) is 37.8 Å². The molecule has 4 heterocycles. The smallest absolute Gasteiger partial charge is 0.261 e. The number of carbonyl (C=O) groups is 1. The number of anilines is 1. The van der Waals surface area contributed by atoms with Gasteiger partial charge in [-0.2, -0.15) is 5.10 Å². The first-order valence-electron chi connectivity index (χ1n) is 9.63. The number of nitrogens with one attached hydrogen (secondary N) is 4. The summed E-state index contributed by atoms with van der Waals surface area (Å²) in [5.41, 5.74) is 3.26. The first-order valence-corrected chi connectivity index (χ1v) is 9.63. The average Bonchev–Trinajstić information content (AvgIpc) is 3.17. The van der Waals surface area contributed by atoms with E-state index in [0.29, 0.717) is 11.5 Å². The minimum atomic E-state index is -2.66. The van der Waals surface area contributed by atoms with Crippen molar-refractivity contribution in [1.82, 2.24) is 35.7 Å². The van der Waals surface area contributed by atoms with Gasteiger partial charge in [0.1, 0.15) is 17.4 Å². The van der Waals surface area contributed by atoms with Crippen molar-refractivity contribution >= 4 is 17.4 Å². The van der Waals surface area contributed by atoms with Gasteiger partial charge in [0, 0.05) is 32.0 Å². The number of amides is 1. The maximum atomic E-state index is 13.2. The predicted molar refractivity (Wildman–Crippen MR) is 103 cm³/mol. The van der Waals surface area contributed by atoms with Gasteiger partial charge in [0.15, 0.2) is 5.65 Å². The Bertz CT molecular complexity index is 906. The Morgan fingerprint density at radius 3 is 3.07 bits per heavy atom. The van der Waals surface area contributed by atoms with E-state index in [1.807, 2.05) is 0 Å². The first kappa shape index (κ1) is 19.5. The number of carbonyl (C=O) groups excluding carboxylic acids is 1. The minimum absolute atomic E-state index is 0.102. The average molecular weight is 406 g/mol. The van der Waals surface area contributed by atoms with E-state index in [2.05, 4.69) is 31.5 Å². The molecular formula is C18H24F2N8O. The standard InChI is InChI=1S/C18H24F2N8O/c1-27-10-13(15(26-27)16(19)20)24-18(29)12-9-22-28-7-5-14(25-17(12)28)23-11-4-2-3-6-21-8-11/h5,7,9-11,15-16,21,26H,2-4,6,8H2,1H3,(H,23,25)(H,24,29). The highest BCUT2D eigenvalue weighted by Gasteiger charge is 2.32. The number of hydrogen-bond donors (Lipinski definition) is 4. The lowest BCUT2D eigenvalue weighted by Gasteiger charge is -2.17. The molecule has 0 radical (unpaired) electrons. The molecule has 0 spiro atoms. The van der Waals surface area contributed by atoms with Gasteiger partial charge in [-0.05, 0) is 25.5 Å². The second kappa shape index (κ2) is 8.29. The van der Waals surface area contributed by atoms with Crippen LogP contribution in [-0.2, 0) is 0 Å². The molecule has 1 amide bonds. The summed E-state index contributed by atoms with van der Waals surface area (Å²) in [5.74, 6) is 0.113. The molecule has 11 heteroatoms. The van der Waals surface area contributed by atoms with Gasteiger partial charge in [0.25, 0.3) is 12.3 Å². The van der Waals surface area contributed by atoms with E-state index in [4.69, 9.17) is 0 Å². The van der Waals surface area contributed by atoms with Crippen LogP contribution in [0.5, 0.6) is 0 Å². The van der Waals surface area contributed by atoms with Gasteiger partial charge in [-0.3, -0.25) is 4.79 Å². The van der Waals surface area contributed by atoms with Crippen molar-refractivity contribution in [1.29, 1.82) is 0 Å². The van der Waals surface area contributed by atoms with Crippen molar-refractivity contribution in [2.75, 3.05) is 25.5 Å². The van der Waals surface area contributed by atoms with Crippen LogP contribution in [0, 0.1) is 0 Å². The van der Waals surface area contributed by atoms with Crippen LogP contribution in [0.3, 0.4) is 0 Å². The summed E-state index contributed by atoms with van der Waals surface area (Å²) < 4.78 is 27.9. The van der Waals surface area contributed by atoms with E-state index in [0.717, 1.165) is 32.4 Å². The number of hydrogen-bond acceptors (Lipinski definition) is 7. The molecular weight excluding hydrogens is 382 g/mol. The van der Waals surface area contributed by atoms with E-state index >= 15 is 0 Å². The van der Waals surface area contributed by atoms with Crippen LogP contribution < -0.4 is 21.4 Å². The third kappa shape index (κ3) is 4.30. The molecule has 0 bridgehead atoms. The largest absolute Gasteiger partial charge is 0.366 e. The number of fused-ring (bicyclic) bond motifs is 1. The topological polar surface area (TPSA) is 98.6 Å². The Hall–Kier alpha value is -2.79. The molecule has 156 valence electrons. The molecule has 2 aliphatic heterocycles. The van der Waals surface area contributed by atoms with Gasteiger partial charge >= 0.3 is 0 Å². The van der Waals surface area contributed by atoms with Gasteiger partial charge in [-0.15, -0.1) is 0 Å². The lowest BCUT2D eigenvalue weighted by Crippen LogP contribution is -2.42.